The van der Waals surface area contributed by atoms with E-state index in [4.69, 9.17) is 0 Å². The van der Waals surface area contributed by atoms with E-state index in [9.17, 15) is 4.39 Å². The molecule has 1 aromatic carbocycles. The van der Waals surface area contributed by atoms with E-state index in [0.717, 1.165) is 41.3 Å². The fourth-order valence-corrected chi connectivity index (χ4v) is 2.19. The number of aromatic nitrogens is 2. The third-order valence-electron chi connectivity index (χ3n) is 3.46. The smallest absolute Gasteiger partial charge is 0.134 e. The zero-order chi connectivity index (χ0) is 13.4. The summed E-state index contributed by atoms with van der Waals surface area (Å²) in [5, 5.41) is 3.11. The molecule has 98 valence electrons. The van der Waals surface area contributed by atoms with Gasteiger partial charge >= 0.3 is 0 Å². The number of anilines is 1. The number of nitrogens with zero attached hydrogens (tertiary/aromatic N) is 2. The molecule has 1 saturated carbocycles. The minimum Gasteiger partial charge on any atom is -0.373 e. The average Bonchev–Trinajstić information content (AvgIpc) is 3.25. The van der Waals surface area contributed by atoms with Gasteiger partial charge in [0.2, 0.25) is 0 Å². The third kappa shape index (κ3) is 2.30. The largest absolute Gasteiger partial charge is 0.373 e. The van der Waals surface area contributed by atoms with Crippen molar-refractivity contribution in [3.8, 4) is 11.3 Å². The zero-order valence-electron chi connectivity index (χ0n) is 11.1. The van der Waals surface area contributed by atoms with Gasteiger partial charge in [0.1, 0.15) is 17.5 Å². The maximum Gasteiger partial charge on any atom is 0.134 e. The van der Waals surface area contributed by atoms with Crippen LogP contribution >= 0.6 is 0 Å². The van der Waals surface area contributed by atoms with Crippen molar-refractivity contribution in [1.29, 1.82) is 0 Å². The highest BCUT2D eigenvalue weighted by atomic mass is 19.1. The molecule has 0 unspecified atom stereocenters. The minimum atomic E-state index is -0.230. The van der Waals surface area contributed by atoms with E-state index in [2.05, 4.69) is 15.3 Å². The van der Waals surface area contributed by atoms with Gasteiger partial charge in [-0.15, -0.1) is 0 Å². The van der Waals surface area contributed by atoms with Crippen LogP contribution in [0.3, 0.4) is 0 Å². The van der Waals surface area contributed by atoms with Crippen LogP contribution in [-0.4, -0.2) is 17.0 Å². The highest BCUT2D eigenvalue weighted by Gasteiger charge is 2.28. The Balaban J connectivity index is 2.12. The quantitative estimate of drug-likeness (QED) is 0.914. The SMILES string of the molecule is CNc1nc(C2CC2)nc(-c2ccc(F)cc2)c1C. The average molecular weight is 257 g/mol. The van der Waals surface area contributed by atoms with Gasteiger partial charge in [0.15, 0.2) is 0 Å². The normalized spacial score (nSPS) is 14.5. The van der Waals surface area contributed by atoms with Crippen LogP contribution in [0.2, 0.25) is 0 Å². The van der Waals surface area contributed by atoms with Gasteiger partial charge in [-0.3, -0.25) is 0 Å². The molecule has 0 saturated heterocycles. The Kier molecular flexibility index (Phi) is 2.93. The van der Waals surface area contributed by atoms with Crippen LogP contribution < -0.4 is 5.32 Å². The summed E-state index contributed by atoms with van der Waals surface area (Å²) in [5.74, 6) is 2.02. The Bertz CT molecular complexity index is 604. The lowest BCUT2D eigenvalue weighted by Gasteiger charge is -2.12. The van der Waals surface area contributed by atoms with Crippen LogP contribution in [0.4, 0.5) is 10.2 Å². The molecule has 0 aliphatic heterocycles. The van der Waals surface area contributed by atoms with Crippen LogP contribution in [0.25, 0.3) is 11.3 Å². The molecular weight excluding hydrogens is 241 g/mol. The first-order valence-corrected chi connectivity index (χ1v) is 6.51. The second kappa shape index (κ2) is 4.61. The number of benzene rings is 1. The van der Waals surface area contributed by atoms with Crippen molar-refractivity contribution < 1.29 is 4.39 Å². The van der Waals surface area contributed by atoms with Gasteiger partial charge < -0.3 is 5.32 Å². The standard InChI is InChI=1S/C15H16FN3/c1-9-13(10-5-7-12(16)8-6-10)18-15(11-3-4-11)19-14(9)17-2/h5-8,11H,3-4H2,1-2H3,(H,17,18,19). The molecule has 0 atom stereocenters. The second-order valence-corrected chi connectivity index (χ2v) is 4.94. The number of halogens is 1. The van der Waals surface area contributed by atoms with Crippen molar-refractivity contribution in [2.75, 3.05) is 12.4 Å². The summed E-state index contributed by atoms with van der Waals surface area (Å²) in [4.78, 5) is 9.23. The fourth-order valence-electron chi connectivity index (χ4n) is 2.19. The Morgan fingerprint density at radius 1 is 1.16 bits per heavy atom. The van der Waals surface area contributed by atoms with Gasteiger partial charge in [-0.05, 0) is 44.0 Å². The van der Waals surface area contributed by atoms with Gasteiger partial charge in [-0.1, -0.05) is 0 Å². The summed E-state index contributed by atoms with van der Waals surface area (Å²) in [6.45, 7) is 1.99. The molecule has 1 N–H and O–H groups in total. The molecule has 1 fully saturated rings. The Hall–Kier alpha value is -1.97. The van der Waals surface area contributed by atoms with Crippen molar-refractivity contribution in [3.63, 3.8) is 0 Å². The Morgan fingerprint density at radius 2 is 1.84 bits per heavy atom. The van der Waals surface area contributed by atoms with Crippen molar-refractivity contribution >= 4 is 5.82 Å². The van der Waals surface area contributed by atoms with E-state index in [1.807, 2.05) is 14.0 Å². The summed E-state index contributed by atoms with van der Waals surface area (Å²) >= 11 is 0. The van der Waals surface area contributed by atoms with Gasteiger partial charge in [0.05, 0.1) is 5.69 Å². The summed E-state index contributed by atoms with van der Waals surface area (Å²) < 4.78 is 13.0. The van der Waals surface area contributed by atoms with Gasteiger partial charge in [0.25, 0.3) is 0 Å². The molecule has 0 radical (unpaired) electrons. The molecule has 0 bridgehead atoms. The summed E-state index contributed by atoms with van der Waals surface area (Å²) in [5.41, 5.74) is 2.82. The van der Waals surface area contributed by atoms with Crippen molar-refractivity contribution in [3.05, 3.63) is 41.5 Å². The third-order valence-corrected chi connectivity index (χ3v) is 3.46. The molecule has 3 rings (SSSR count). The van der Waals surface area contributed by atoms with Crippen LogP contribution in [0, 0.1) is 12.7 Å². The zero-order valence-corrected chi connectivity index (χ0v) is 11.1. The molecule has 3 nitrogen and oxygen atoms in total. The topological polar surface area (TPSA) is 37.8 Å². The van der Waals surface area contributed by atoms with Crippen LogP contribution in [-0.2, 0) is 0 Å². The van der Waals surface area contributed by atoms with E-state index in [-0.39, 0.29) is 5.82 Å². The van der Waals surface area contributed by atoms with Gasteiger partial charge in [0, 0.05) is 24.1 Å². The first-order chi connectivity index (χ1) is 9.19. The first kappa shape index (κ1) is 12.1. The van der Waals surface area contributed by atoms with Crippen LogP contribution in [0.1, 0.15) is 30.1 Å². The maximum absolute atomic E-state index is 13.0. The van der Waals surface area contributed by atoms with Crippen LogP contribution in [0.15, 0.2) is 24.3 Å². The van der Waals surface area contributed by atoms with E-state index >= 15 is 0 Å². The monoisotopic (exact) mass is 257 g/mol. The summed E-state index contributed by atoms with van der Waals surface area (Å²) in [6, 6.07) is 6.46. The molecule has 4 heteroatoms. The fraction of sp³-hybridized carbons (Fsp3) is 0.333. The van der Waals surface area contributed by atoms with E-state index in [1.54, 1.807) is 12.1 Å². The van der Waals surface area contributed by atoms with Crippen molar-refractivity contribution in [2.24, 2.45) is 0 Å². The molecule has 1 heterocycles. The molecule has 2 aromatic rings. The maximum atomic E-state index is 13.0. The highest BCUT2D eigenvalue weighted by Crippen LogP contribution is 2.40. The van der Waals surface area contributed by atoms with E-state index < -0.39 is 0 Å². The molecular formula is C15H16FN3. The lowest BCUT2D eigenvalue weighted by Crippen LogP contribution is -2.04. The predicted octanol–water partition coefficient (Wildman–Crippen LogP) is 3.51. The molecule has 1 aliphatic rings. The molecule has 1 aliphatic carbocycles. The van der Waals surface area contributed by atoms with Gasteiger partial charge in [-0.2, -0.15) is 0 Å². The molecule has 19 heavy (non-hydrogen) atoms. The van der Waals surface area contributed by atoms with Crippen molar-refractivity contribution in [1.82, 2.24) is 9.97 Å². The number of rotatable bonds is 3. The Morgan fingerprint density at radius 3 is 2.42 bits per heavy atom. The minimum absolute atomic E-state index is 0.230. The lowest BCUT2D eigenvalue weighted by molar-refractivity contribution is 0.628. The van der Waals surface area contributed by atoms with Crippen LogP contribution in [0.5, 0.6) is 0 Å². The molecule has 1 aromatic heterocycles. The van der Waals surface area contributed by atoms with E-state index in [1.165, 1.54) is 12.1 Å². The predicted molar refractivity (Wildman–Crippen MR) is 73.7 cm³/mol. The number of hydrogen-bond donors (Lipinski definition) is 1. The van der Waals surface area contributed by atoms with Gasteiger partial charge in [-0.25, -0.2) is 14.4 Å². The first-order valence-electron chi connectivity index (χ1n) is 6.51. The number of hydrogen-bond acceptors (Lipinski definition) is 3. The second-order valence-electron chi connectivity index (χ2n) is 4.94. The highest BCUT2D eigenvalue weighted by molar-refractivity contribution is 5.68. The Labute approximate surface area is 111 Å². The van der Waals surface area contributed by atoms with Crippen molar-refractivity contribution in [2.45, 2.75) is 25.7 Å². The summed E-state index contributed by atoms with van der Waals surface area (Å²) in [6.07, 6.45) is 2.32. The molecule has 0 amide bonds. The number of nitrogens with one attached hydrogen (secondary N) is 1. The molecule has 0 spiro atoms. The van der Waals surface area contributed by atoms with E-state index in [0.29, 0.717) is 5.92 Å². The summed E-state index contributed by atoms with van der Waals surface area (Å²) in [7, 11) is 1.86. The lowest BCUT2D eigenvalue weighted by atomic mass is 10.1.